The van der Waals surface area contributed by atoms with Crippen LogP contribution in [0.15, 0.2) is 121 Å². The van der Waals surface area contributed by atoms with Crippen LogP contribution in [0.25, 0.3) is 0 Å². The van der Waals surface area contributed by atoms with E-state index in [0.29, 0.717) is 0 Å². The van der Waals surface area contributed by atoms with Crippen LogP contribution >= 0.6 is 12.2 Å². The van der Waals surface area contributed by atoms with Gasteiger partial charge in [-0.1, -0.05) is 163 Å². The third-order valence-corrected chi connectivity index (χ3v) is 20.7. The molecule has 0 fully saturated rings. The van der Waals surface area contributed by atoms with Crippen LogP contribution in [-0.4, -0.2) is 93.5 Å². The molecular weight excluding hydrogens is 819 g/mol. The Balaban J connectivity index is 1.77. The van der Waals surface area contributed by atoms with Crippen LogP contribution in [0.2, 0.25) is 10.1 Å². The quantitative estimate of drug-likeness (QED) is 0.0709. The van der Waals surface area contributed by atoms with Crippen molar-refractivity contribution >= 4 is 66.7 Å². The highest BCUT2D eigenvalue weighted by atomic mass is 32.1. The average Bonchev–Trinajstić information content (AvgIpc) is 3.18. The fourth-order valence-corrected chi connectivity index (χ4v) is 17.1. The van der Waals surface area contributed by atoms with Crippen LogP contribution in [-0.2, 0) is 32.7 Å². The summed E-state index contributed by atoms with van der Waals surface area (Å²) in [5, 5.41) is 15.2. The van der Waals surface area contributed by atoms with Crippen molar-refractivity contribution in [2.24, 2.45) is 0 Å². The molecule has 330 valence electrons. The van der Waals surface area contributed by atoms with Gasteiger partial charge in [-0.05, 0) is 84.6 Å². The molecule has 4 rings (SSSR count). The number of carbonyl (C=O) groups is 2. The molecule has 0 saturated carbocycles. The van der Waals surface area contributed by atoms with Gasteiger partial charge in [0.05, 0.1) is 13.2 Å². The first-order chi connectivity index (χ1) is 28.4. The predicted molar refractivity (Wildman–Crippen MR) is 254 cm³/mol. The van der Waals surface area contributed by atoms with E-state index in [1.807, 2.05) is 72.8 Å². The van der Waals surface area contributed by atoms with Crippen molar-refractivity contribution in [3.63, 3.8) is 0 Å². The minimum absolute atomic E-state index is 0.129. The number of nitrogens with zero attached hydrogens (tertiary/aromatic N) is 1. The average molecular weight is 886 g/mol. The van der Waals surface area contributed by atoms with E-state index >= 15 is 0 Å². The fourth-order valence-electron chi connectivity index (χ4n) is 7.71. The second-order valence-corrected chi connectivity index (χ2v) is 28.3. The number of hydrogen-bond acceptors (Lipinski definition) is 9. The minimum atomic E-state index is -2.97. The zero-order valence-corrected chi connectivity index (χ0v) is 41.0. The van der Waals surface area contributed by atoms with Gasteiger partial charge in [0.15, 0.2) is 6.10 Å². The van der Waals surface area contributed by atoms with Gasteiger partial charge in [0.25, 0.3) is 21.8 Å². The molecule has 0 heterocycles. The number of benzene rings is 4. The highest BCUT2D eigenvalue weighted by molar-refractivity contribution is 7.80. The Labute approximate surface area is 372 Å². The van der Waals surface area contributed by atoms with E-state index in [1.54, 1.807) is 46.4 Å². The summed E-state index contributed by atoms with van der Waals surface area (Å²) in [4.78, 5) is 28.8. The first kappa shape index (κ1) is 49.5. The van der Waals surface area contributed by atoms with Crippen molar-refractivity contribution in [2.45, 2.75) is 117 Å². The molecule has 0 aliphatic rings. The highest BCUT2D eigenvalue weighted by Gasteiger charge is 2.51. The Morgan fingerprint density at radius 2 is 0.836 bits per heavy atom. The van der Waals surface area contributed by atoms with Gasteiger partial charge in [-0.25, -0.2) is 9.59 Å². The maximum atomic E-state index is 13.7. The lowest BCUT2D eigenvalue weighted by atomic mass is 10.1. The molecule has 0 amide bonds. The van der Waals surface area contributed by atoms with Gasteiger partial charge in [0, 0.05) is 13.1 Å². The monoisotopic (exact) mass is 885 g/mol. The van der Waals surface area contributed by atoms with E-state index in [0.717, 1.165) is 20.7 Å². The van der Waals surface area contributed by atoms with Gasteiger partial charge in [0.2, 0.25) is 6.10 Å². The molecule has 0 bridgehead atoms. The lowest BCUT2D eigenvalue weighted by Crippen LogP contribution is -2.67. The summed E-state index contributed by atoms with van der Waals surface area (Å²) in [6.45, 7) is 24.3. The largest absolute Gasteiger partial charge is 0.458 e. The molecule has 0 spiro atoms. The Kier molecular flexibility index (Phi) is 16.5. The summed E-state index contributed by atoms with van der Waals surface area (Å²) >= 11 is 6.01. The van der Waals surface area contributed by atoms with Crippen LogP contribution in [0.1, 0.15) is 83.1 Å². The summed E-state index contributed by atoms with van der Waals surface area (Å²) in [5.74, 6) is -2.00. The summed E-state index contributed by atoms with van der Waals surface area (Å²) in [5.41, 5.74) is -1.90. The number of aliphatic hydroxyl groups is 1. The molecule has 0 aromatic heterocycles. The Bertz CT molecular complexity index is 1820. The van der Waals surface area contributed by atoms with E-state index in [4.69, 9.17) is 35.3 Å². The molecule has 0 aliphatic heterocycles. The molecule has 4 aromatic rings. The summed E-state index contributed by atoms with van der Waals surface area (Å²) in [6, 6.07) is 41.4. The predicted octanol–water partition coefficient (Wildman–Crippen LogP) is 7.16. The first-order valence-corrected chi connectivity index (χ1v) is 25.2. The number of hydrogen-bond donors (Lipinski definition) is 1. The molecular formula is C49H67NO8SSi2. The molecule has 0 aliphatic carbocycles. The van der Waals surface area contributed by atoms with Crippen molar-refractivity contribution in [1.82, 2.24) is 4.90 Å². The molecule has 4 aromatic carbocycles. The third kappa shape index (κ3) is 12.5. The van der Waals surface area contributed by atoms with Gasteiger partial charge in [-0.15, -0.1) is 0 Å². The van der Waals surface area contributed by atoms with Crippen molar-refractivity contribution < 1.29 is 37.8 Å². The van der Waals surface area contributed by atoms with Crippen LogP contribution in [0.5, 0.6) is 0 Å². The maximum absolute atomic E-state index is 13.7. The van der Waals surface area contributed by atoms with Gasteiger partial charge in [-0.3, -0.25) is 0 Å². The number of esters is 2. The normalized spacial score (nSPS) is 13.8. The lowest BCUT2D eigenvalue weighted by Gasteiger charge is -2.44. The second kappa shape index (κ2) is 20.3. The molecule has 0 unspecified atom stereocenters. The molecule has 9 nitrogen and oxygen atoms in total. The van der Waals surface area contributed by atoms with Crippen molar-refractivity contribution in [3.8, 4) is 0 Å². The van der Waals surface area contributed by atoms with Crippen LogP contribution in [0.3, 0.4) is 0 Å². The zero-order valence-electron chi connectivity index (χ0n) is 38.2. The van der Waals surface area contributed by atoms with Crippen LogP contribution in [0.4, 0.5) is 0 Å². The number of thiocarbonyl (C=S) groups is 1. The standard InChI is InChI=1S/C49H67NO8SSi2/c1-46(2,3)57-43(52)41(51)42(44(53)58-47(4,5)6)56-45(59)50(33-35-54-60(48(7,8)9,37-25-17-13-18-26-37)38-27-19-14-20-28-38)34-36-55-61(49(10,11)12,39-29-21-15-22-30-39)40-31-23-16-24-32-40/h13-32,41-42,51H,33-36H2,1-12H3/t41-,42-/m1/s1. The van der Waals surface area contributed by atoms with E-state index in [-0.39, 0.29) is 41.6 Å². The van der Waals surface area contributed by atoms with E-state index < -0.39 is 52.0 Å². The van der Waals surface area contributed by atoms with Gasteiger partial charge < -0.3 is 33.1 Å². The van der Waals surface area contributed by atoms with E-state index in [9.17, 15) is 14.7 Å². The molecule has 0 saturated heterocycles. The molecule has 2 atom stereocenters. The summed E-state index contributed by atoms with van der Waals surface area (Å²) < 4.78 is 31.9. The van der Waals surface area contributed by atoms with Gasteiger partial charge >= 0.3 is 11.9 Å². The smallest absolute Gasteiger partial charge is 0.351 e. The van der Waals surface area contributed by atoms with Crippen molar-refractivity contribution in [3.05, 3.63) is 121 Å². The lowest BCUT2D eigenvalue weighted by molar-refractivity contribution is -0.184. The minimum Gasteiger partial charge on any atom is -0.458 e. The van der Waals surface area contributed by atoms with E-state index in [1.165, 1.54) is 0 Å². The van der Waals surface area contributed by atoms with Gasteiger partial charge in [0.1, 0.15) is 11.2 Å². The Morgan fingerprint density at radius 3 is 1.11 bits per heavy atom. The summed E-state index contributed by atoms with van der Waals surface area (Å²) in [7, 11) is -5.94. The van der Waals surface area contributed by atoms with Crippen LogP contribution < -0.4 is 20.7 Å². The number of carbonyl (C=O) groups excluding carboxylic acids is 2. The summed E-state index contributed by atoms with van der Waals surface area (Å²) in [6.07, 6.45) is -3.85. The SMILES string of the molecule is CC(C)(C)OC(=O)[C@H](O)[C@@H](OC(=S)N(CCO[Si](c1ccccc1)(c1ccccc1)C(C)(C)C)CCO[Si](c1ccccc1)(c1ccccc1)C(C)(C)C)C(=O)OC(C)(C)C. The maximum Gasteiger partial charge on any atom is 0.351 e. The topological polar surface area (TPSA) is 104 Å². The van der Waals surface area contributed by atoms with Crippen LogP contribution in [0, 0.1) is 0 Å². The number of aliphatic hydroxyl groups excluding tert-OH is 1. The van der Waals surface area contributed by atoms with Crippen molar-refractivity contribution in [1.29, 1.82) is 0 Å². The number of ether oxygens (including phenoxy) is 3. The van der Waals surface area contributed by atoms with Crippen molar-refractivity contribution in [2.75, 3.05) is 26.3 Å². The number of rotatable bonds is 16. The zero-order chi connectivity index (χ0) is 45.3. The Morgan fingerprint density at radius 1 is 0.541 bits per heavy atom. The first-order valence-electron chi connectivity index (χ1n) is 21.0. The fraction of sp³-hybridized carbons (Fsp3) is 0.449. The van der Waals surface area contributed by atoms with Gasteiger partial charge in [-0.2, -0.15) is 0 Å². The molecule has 61 heavy (non-hydrogen) atoms. The van der Waals surface area contributed by atoms with E-state index in [2.05, 4.69) is 90.1 Å². The second-order valence-electron chi connectivity index (χ2n) is 19.3. The highest BCUT2D eigenvalue weighted by Crippen LogP contribution is 2.38. The molecule has 12 heteroatoms. The molecule has 1 N–H and O–H groups in total. The Hall–Kier alpha value is -4.18. The third-order valence-electron chi connectivity index (χ3n) is 10.3. The molecule has 0 radical (unpaired) electrons.